The van der Waals surface area contributed by atoms with Gasteiger partial charge in [0.2, 0.25) is 15.9 Å². The summed E-state index contributed by atoms with van der Waals surface area (Å²) in [6.07, 6.45) is -0.926. The SMILES string of the molecule is COC(=O)[C@@H]1CN(C(=O)[C@@H](CC(C)C)NS(=O)(=O)c2ccc(C)cc2)C[C@@H](C)O1. The highest BCUT2D eigenvalue weighted by Crippen LogP contribution is 2.18. The molecule has 0 aliphatic carbocycles. The largest absolute Gasteiger partial charge is 0.467 e. The van der Waals surface area contributed by atoms with Gasteiger partial charge in [-0.3, -0.25) is 4.79 Å². The molecule has 0 bridgehead atoms. The van der Waals surface area contributed by atoms with Crippen LogP contribution in [-0.2, 0) is 29.1 Å². The number of hydrogen-bond donors (Lipinski definition) is 1. The fourth-order valence-corrected chi connectivity index (χ4v) is 4.46. The molecule has 0 aromatic heterocycles. The zero-order valence-corrected chi connectivity index (χ0v) is 18.4. The van der Waals surface area contributed by atoms with E-state index >= 15 is 0 Å². The average Bonchev–Trinajstić information content (AvgIpc) is 2.65. The van der Waals surface area contributed by atoms with Crippen LogP contribution in [0.4, 0.5) is 0 Å². The molecule has 1 N–H and O–H groups in total. The molecular weight excluding hydrogens is 396 g/mol. The molecule has 1 fully saturated rings. The number of rotatable bonds is 7. The minimum absolute atomic E-state index is 0.0245. The molecule has 162 valence electrons. The molecule has 29 heavy (non-hydrogen) atoms. The van der Waals surface area contributed by atoms with E-state index in [0.717, 1.165) is 5.56 Å². The van der Waals surface area contributed by atoms with Gasteiger partial charge >= 0.3 is 5.97 Å². The van der Waals surface area contributed by atoms with E-state index in [2.05, 4.69) is 4.72 Å². The van der Waals surface area contributed by atoms with Crippen LogP contribution in [-0.4, -0.2) is 63.6 Å². The number of morpholine rings is 1. The van der Waals surface area contributed by atoms with Gasteiger partial charge in [0.1, 0.15) is 6.04 Å². The Bertz CT molecular complexity index is 822. The van der Waals surface area contributed by atoms with E-state index in [0.29, 0.717) is 6.42 Å². The standard InChI is InChI=1S/C20H30N2O6S/c1-13(2)10-17(21-29(25,26)16-8-6-14(3)7-9-16)19(23)22-11-15(4)28-18(12-22)20(24)27-5/h6-9,13,15,17-18,21H,10-12H2,1-5H3/t15-,17-,18+/m1/s1. The normalized spacial score (nSPS) is 21.1. The maximum Gasteiger partial charge on any atom is 0.336 e. The second kappa shape index (κ2) is 9.69. The second-order valence-electron chi connectivity index (χ2n) is 7.82. The van der Waals surface area contributed by atoms with E-state index in [-0.39, 0.29) is 35.9 Å². The molecule has 0 saturated carbocycles. The minimum atomic E-state index is -3.87. The molecule has 1 aromatic carbocycles. The average molecular weight is 427 g/mol. The Kier molecular flexibility index (Phi) is 7.79. The van der Waals surface area contributed by atoms with E-state index in [9.17, 15) is 18.0 Å². The number of amides is 1. The summed E-state index contributed by atoms with van der Waals surface area (Å²) in [7, 11) is -2.62. The van der Waals surface area contributed by atoms with Gasteiger partial charge in [0, 0.05) is 6.54 Å². The number of nitrogens with zero attached hydrogens (tertiary/aromatic N) is 1. The highest BCUT2D eigenvalue weighted by molar-refractivity contribution is 7.89. The fourth-order valence-electron chi connectivity index (χ4n) is 3.26. The van der Waals surface area contributed by atoms with E-state index in [1.165, 1.54) is 24.1 Å². The van der Waals surface area contributed by atoms with Gasteiger partial charge in [0.15, 0.2) is 6.10 Å². The number of aryl methyl sites for hydroxylation is 1. The van der Waals surface area contributed by atoms with Gasteiger partial charge in [0.25, 0.3) is 0 Å². The lowest BCUT2D eigenvalue weighted by atomic mass is 10.0. The molecule has 2 rings (SSSR count). The van der Waals surface area contributed by atoms with Gasteiger partial charge in [0.05, 0.1) is 24.7 Å². The van der Waals surface area contributed by atoms with Crippen LogP contribution in [0.15, 0.2) is 29.2 Å². The van der Waals surface area contributed by atoms with Crippen LogP contribution >= 0.6 is 0 Å². The molecule has 9 heteroatoms. The minimum Gasteiger partial charge on any atom is -0.467 e. The summed E-state index contributed by atoms with van der Waals surface area (Å²) in [6, 6.07) is 5.50. The summed E-state index contributed by atoms with van der Waals surface area (Å²) < 4.78 is 38.5. The first-order chi connectivity index (χ1) is 13.5. The van der Waals surface area contributed by atoms with E-state index in [4.69, 9.17) is 9.47 Å². The smallest absolute Gasteiger partial charge is 0.336 e. The number of sulfonamides is 1. The molecule has 0 unspecified atom stereocenters. The van der Waals surface area contributed by atoms with Gasteiger partial charge in [-0.2, -0.15) is 4.72 Å². The third-order valence-electron chi connectivity index (χ3n) is 4.67. The van der Waals surface area contributed by atoms with Crippen molar-refractivity contribution in [3.05, 3.63) is 29.8 Å². The van der Waals surface area contributed by atoms with Crippen molar-refractivity contribution in [1.82, 2.24) is 9.62 Å². The fraction of sp³-hybridized carbons (Fsp3) is 0.600. The molecule has 1 heterocycles. The number of nitrogens with one attached hydrogen (secondary N) is 1. The van der Waals surface area contributed by atoms with E-state index in [1.807, 2.05) is 20.8 Å². The van der Waals surface area contributed by atoms with Crippen molar-refractivity contribution in [3.63, 3.8) is 0 Å². The quantitative estimate of drug-likeness (QED) is 0.663. The molecule has 3 atom stereocenters. The molecule has 1 saturated heterocycles. The number of benzene rings is 1. The Morgan fingerprint density at radius 3 is 2.41 bits per heavy atom. The summed E-state index contributed by atoms with van der Waals surface area (Å²) in [5.74, 6) is -0.854. The van der Waals surface area contributed by atoms with Crippen molar-refractivity contribution in [1.29, 1.82) is 0 Å². The van der Waals surface area contributed by atoms with Crippen molar-refractivity contribution in [3.8, 4) is 0 Å². The zero-order valence-electron chi connectivity index (χ0n) is 17.5. The first kappa shape index (κ1) is 23.3. The summed E-state index contributed by atoms with van der Waals surface area (Å²) in [6.45, 7) is 7.75. The Balaban J connectivity index is 2.23. The molecule has 1 aliphatic rings. The predicted molar refractivity (Wildman–Crippen MR) is 108 cm³/mol. The number of hydrogen-bond acceptors (Lipinski definition) is 6. The zero-order chi connectivity index (χ0) is 21.8. The monoisotopic (exact) mass is 426 g/mol. The lowest BCUT2D eigenvalue weighted by molar-refractivity contribution is -0.170. The highest BCUT2D eigenvalue weighted by atomic mass is 32.2. The summed E-state index contributed by atoms with van der Waals surface area (Å²) >= 11 is 0. The molecule has 8 nitrogen and oxygen atoms in total. The number of ether oxygens (including phenoxy) is 2. The molecule has 1 aromatic rings. The van der Waals surface area contributed by atoms with Gasteiger partial charge in [-0.25, -0.2) is 13.2 Å². The van der Waals surface area contributed by atoms with Crippen LogP contribution in [0.2, 0.25) is 0 Å². The second-order valence-corrected chi connectivity index (χ2v) is 9.53. The van der Waals surface area contributed by atoms with Crippen molar-refractivity contribution in [2.24, 2.45) is 5.92 Å². The van der Waals surface area contributed by atoms with Crippen LogP contribution in [0.1, 0.15) is 32.8 Å². The number of carbonyl (C=O) groups is 2. The Morgan fingerprint density at radius 1 is 1.24 bits per heavy atom. The predicted octanol–water partition coefficient (Wildman–Crippen LogP) is 1.48. The van der Waals surface area contributed by atoms with Crippen LogP contribution in [0.5, 0.6) is 0 Å². The molecule has 1 amide bonds. The number of methoxy groups -OCH3 is 1. The van der Waals surface area contributed by atoms with Crippen molar-refractivity contribution in [2.75, 3.05) is 20.2 Å². The van der Waals surface area contributed by atoms with Gasteiger partial charge in [-0.05, 0) is 38.3 Å². The third-order valence-corrected chi connectivity index (χ3v) is 6.16. The Labute approximate surface area is 172 Å². The van der Waals surface area contributed by atoms with Crippen molar-refractivity contribution >= 4 is 21.9 Å². The summed E-state index contributed by atoms with van der Waals surface area (Å²) in [4.78, 5) is 26.6. The first-order valence-corrected chi connectivity index (χ1v) is 11.1. The van der Waals surface area contributed by atoms with Crippen LogP contribution < -0.4 is 4.72 Å². The Morgan fingerprint density at radius 2 is 1.86 bits per heavy atom. The Hall–Kier alpha value is -1.97. The van der Waals surface area contributed by atoms with Crippen molar-refractivity contribution in [2.45, 2.75) is 57.3 Å². The van der Waals surface area contributed by atoms with E-state index in [1.54, 1.807) is 19.1 Å². The summed E-state index contributed by atoms with van der Waals surface area (Å²) in [5.41, 5.74) is 0.940. The maximum atomic E-state index is 13.2. The lowest BCUT2D eigenvalue weighted by Gasteiger charge is -2.37. The molecular formula is C20H30N2O6S. The third kappa shape index (κ3) is 6.25. The lowest BCUT2D eigenvalue weighted by Crippen LogP contribution is -2.57. The van der Waals surface area contributed by atoms with Gasteiger partial charge in [-0.1, -0.05) is 31.5 Å². The molecule has 1 aliphatic heterocycles. The van der Waals surface area contributed by atoms with Crippen LogP contribution in [0.25, 0.3) is 0 Å². The molecule has 0 radical (unpaired) electrons. The van der Waals surface area contributed by atoms with E-state index < -0.39 is 28.1 Å². The number of carbonyl (C=O) groups excluding carboxylic acids is 2. The summed E-state index contributed by atoms with van der Waals surface area (Å²) in [5, 5.41) is 0. The maximum absolute atomic E-state index is 13.2. The number of esters is 1. The van der Waals surface area contributed by atoms with Crippen LogP contribution in [0.3, 0.4) is 0 Å². The highest BCUT2D eigenvalue weighted by Gasteiger charge is 2.37. The topological polar surface area (TPSA) is 102 Å². The van der Waals surface area contributed by atoms with Gasteiger partial charge < -0.3 is 14.4 Å². The first-order valence-electron chi connectivity index (χ1n) is 9.64. The molecule has 0 spiro atoms. The van der Waals surface area contributed by atoms with Crippen LogP contribution in [0, 0.1) is 12.8 Å². The van der Waals surface area contributed by atoms with Gasteiger partial charge in [-0.15, -0.1) is 0 Å². The van der Waals surface area contributed by atoms with Crippen molar-refractivity contribution < 1.29 is 27.5 Å².